The first-order chi connectivity index (χ1) is 16.5. The molecule has 4 aromatic heterocycles. The van der Waals surface area contributed by atoms with E-state index in [0.717, 1.165) is 46.2 Å². The van der Waals surface area contributed by atoms with Gasteiger partial charge in [-0.3, -0.25) is 9.36 Å². The number of fused-ring (bicyclic) bond motifs is 1. The molecule has 1 N–H and O–H groups in total. The third kappa shape index (κ3) is 3.23. The summed E-state index contributed by atoms with van der Waals surface area (Å²) < 4.78 is 7.07. The van der Waals surface area contributed by atoms with Crippen molar-refractivity contribution < 1.29 is 4.42 Å². The van der Waals surface area contributed by atoms with Gasteiger partial charge in [0.1, 0.15) is 22.8 Å². The highest BCUT2D eigenvalue weighted by molar-refractivity contribution is 5.85. The molecule has 0 bridgehead atoms. The number of benzene rings is 1. The van der Waals surface area contributed by atoms with Gasteiger partial charge in [-0.2, -0.15) is 5.26 Å². The van der Waals surface area contributed by atoms with E-state index in [-0.39, 0.29) is 5.56 Å². The highest BCUT2D eigenvalue weighted by Crippen LogP contribution is 2.42. The maximum absolute atomic E-state index is 13.3. The molecular formula is C27H21N5O2. The minimum absolute atomic E-state index is 0.135. The van der Waals surface area contributed by atoms with Gasteiger partial charge in [-0.05, 0) is 73.7 Å². The predicted molar refractivity (Wildman–Crippen MR) is 129 cm³/mol. The summed E-state index contributed by atoms with van der Waals surface area (Å²) in [6.07, 6.45) is 7.22. The second-order valence-corrected chi connectivity index (χ2v) is 8.80. The van der Waals surface area contributed by atoms with Crippen molar-refractivity contribution >= 4 is 10.9 Å². The van der Waals surface area contributed by atoms with Gasteiger partial charge in [0, 0.05) is 35.0 Å². The van der Waals surface area contributed by atoms with E-state index in [9.17, 15) is 10.1 Å². The lowest BCUT2D eigenvalue weighted by atomic mass is 9.94. The number of aromatic nitrogens is 4. The Morgan fingerprint density at radius 2 is 2.00 bits per heavy atom. The van der Waals surface area contributed by atoms with Gasteiger partial charge in [0.15, 0.2) is 6.39 Å². The zero-order valence-corrected chi connectivity index (χ0v) is 18.8. The fourth-order valence-corrected chi connectivity index (χ4v) is 4.52. The van der Waals surface area contributed by atoms with Crippen LogP contribution in [0.1, 0.15) is 41.3 Å². The molecule has 4 heterocycles. The number of rotatable bonds is 4. The van der Waals surface area contributed by atoms with Gasteiger partial charge in [0.05, 0.1) is 11.6 Å². The van der Waals surface area contributed by atoms with E-state index in [2.05, 4.69) is 22.1 Å². The first-order valence-electron chi connectivity index (χ1n) is 11.2. The summed E-state index contributed by atoms with van der Waals surface area (Å²) in [5, 5.41) is 10.4. The van der Waals surface area contributed by atoms with E-state index in [0.29, 0.717) is 34.3 Å². The van der Waals surface area contributed by atoms with E-state index in [1.807, 2.05) is 44.3 Å². The Morgan fingerprint density at radius 1 is 1.15 bits per heavy atom. The van der Waals surface area contributed by atoms with Crippen LogP contribution in [-0.4, -0.2) is 19.5 Å². The average molecular weight is 447 g/mol. The van der Waals surface area contributed by atoms with E-state index in [4.69, 9.17) is 9.40 Å². The maximum Gasteiger partial charge on any atom is 0.280 e. The van der Waals surface area contributed by atoms with Gasteiger partial charge in [-0.25, -0.2) is 9.97 Å². The third-order valence-corrected chi connectivity index (χ3v) is 6.46. The number of oxazole rings is 1. The van der Waals surface area contributed by atoms with Crippen LogP contribution in [0.25, 0.3) is 39.1 Å². The molecule has 166 valence electrons. The molecular weight excluding hydrogens is 426 g/mol. The summed E-state index contributed by atoms with van der Waals surface area (Å²) in [5.41, 5.74) is 6.27. The van der Waals surface area contributed by atoms with Gasteiger partial charge in [0.25, 0.3) is 5.56 Å². The molecule has 0 atom stereocenters. The molecule has 5 aromatic rings. The Hall–Kier alpha value is -4.44. The van der Waals surface area contributed by atoms with Crippen LogP contribution >= 0.6 is 0 Å². The Morgan fingerprint density at radius 3 is 2.74 bits per heavy atom. The molecule has 0 spiro atoms. The molecule has 0 unspecified atom stereocenters. The van der Waals surface area contributed by atoms with E-state index in [1.165, 1.54) is 6.39 Å². The molecule has 0 amide bonds. The summed E-state index contributed by atoms with van der Waals surface area (Å²) in [7, 11) is 0. The van der Waals surface area contributed by atoms with Crippen LogP contribution in [0, 0.1) is 25.2 Å². The van der Waals surface area contributed by atoms with E-state index in [1.54, 1.807) is 16.8 Å². The maximum atomic E-state index is 13.3. The molecule has 1 aliphatic carbocycles. The number of nitriles is 1. The number of hydrogen-bond donors (Lipinski definition) is 1. The molecule has 1 aromatic carbocycles. The molecule has 1 fully saturated rings. The van der Waals surface area contributed by atoms with Crippen molar-refractivity contribution in [2.24, 2.45) is 0 Å². The van der Waals surface area contributed by atoms with E-state index >= 15 is 0 Å². The highest BCUT2D eigenvalue weighted by atomic mass is 16.3. The standard InChI is InChI=1S/C27H21N5O2/c1-15-13-32(27(33)26-20(15)7-8-29-26)24-11-19(10-23(31-24)18-4-5-18)21-6-3-17(12-28)9-22(21)25-16(2)34-14-30-25/h3,6-11,13-14,18,29H,4-5H2,1-2H3. The summed E-state index contributed by atoms with van der Waals surface area (Å²) in [6, 6.07) is 13.7. The van der Waals surface area contributed by atoms with Crippen molar-refractivity contribution in [3.63, 3.8) is 0 Å². The fourth-order valence-electron chi connectivity index (χ4n) is 4.52. The van der Waals surface area contributed by atoms with Crippen LogP contribution in [-0.2, 0) is 0 Å². The Labute approximate surface area is 195 Å². The highest BCUT2D eigenvalue weighted by Gasteiger charge is 2.27. The van der Waals surface area contributed by atoms with Crippen molar-refractivity contribution in [3.05, 3.63) is 88.1 Å². The lowest BCUT2D eigenvalue weighted by molar-refractivity contribution is 0.527. The molecule has 0 radical (unpaired) electrons. The van der Waals surface area contributed by atoms with Gasteiger partial charge in [0.2, 0.25) is 0 Å². The van der Waals surface area contributed by atoms with Crippen molar-refractivity contribution in [2.45, 2.75) is 32.6 Å². The van der Waals surface area contributed by atoms with Gasteiger partial charge >= 0.3 is 0 Å². The topological polar surface area (TPSA) is 100 Å². The summed E-state index contributed by atoms with van der Waals surface area (Å²) >= 11 is 0. The molecule has 34 heavy (non-hydrogen) atoms. The molecule has 7 nitrogen and oxygen atoms in total. The van der Waals surface area contributed by atoms with Crippen LogP contribution < -0.4 is 5.56 Å². The number of hydrogen-bond acceptors (Lipinski definition) is 5. The normalized spacial score (nSPS) is 13.3. The van der Waals surface area contributed by atoms with Gasteiger partial charge < -0.3 is 9.40 Å². The second kappa shape index (κ2) is 7.56. The first-order valence-corrected chi connectivity index (χ1v) is 11.2. The second-order valence-electron chi connectivity index (χ2n) is 8.80. The molecule has 1 aliphatic rings. The van der Waals surface area contributed by atoms with Crippen molar-refractivity contribution in [1.29, 1.82) is 5.26 Å². The lowest BCUT2D eigenvalue weighted by Gasteiger charge is -2.14. The largest absolute Gasteiger partial charge is 0.448 e. The Kier molecular flexibility index (Phi) is 4.49. The summed E-state index contributed by atoms with van der Waals surface area (Å²) in [5.74, 6) is 1.65. The average Bonchev–Trinajstić information content (AvgIpc) is 3.42. The third-order valence-electron chi connectivity index (χ3n) is 6.46. The van der Waals surface area contributed by atoms with Crippen LogP contribution in [0.3, 0.4) is 0 Å². The molecule has 6 rings (SSSR count). The van der Waals surface area contributed by atoms with Crippen LogP contribution in [0.5, 0.6) is 0 Å². The minimum atomic E-state index is -0.135. The smallest absolute Gasteiger partial charge is 0.280 e. The first kappa shape index (κ1) is 20.2. The SMILES string of the molecule is Cc1ocnc1-c1cc(C#N)ccc1-c1cc(C2CC2)nc(-n2cc(C)c3cc[nH]c3c2=O)c1. The quantitative estimate of drug-likeness (QED) is 0.397. The fraction of sp³-hybridized carbons (Fsp3) is 0.185. The van der Waals surface area contributed by atoms with Crippen LogP contribution in [0.15, 0.2) is 64.4 Å². The lowest BCUT2D eigenvalue weighted by Crippen LogP contribution is -2.20. The number of nitrogens with zero attached hydrogens (tertiary/aromatic N) is 4. The number of aromatic amines is 1. The summed E-state index contributed by atoms with van der Waals surface area (Å²) in [4.78, 5) is 25.7. The molecule has 1 saturated carbocycles. The number of nitrogens with one attached hydrogen (secondary N) is 1. The van der Waals surface area contributed by atoms with E-state index < -0.39 is 0 Å². The van der Waals surface area contributed by atoms with Crippen LogP contribution in [0.2, 0.25) is 0 Å². The number of H-pyrrole nitrogens is 1. The van der Waals surface area contributed by atoms with Crippen molar-refractivity contribution in [1.82, 2.24) is 19.5 Å². The predicted octanol–water partition coefficient (Wildman–Crippen LogP) is 5.40. The zero-order chi connectivity index (χ0) is 23.4. The number of pyridine rings is 2. The van der Waals surface area contributed by atoms with Crippen molar-refractivity contribution in [2.75, 3.05) is 0 Å². The molecule has 0 aliphatic heterocycles. The van der Waals surface area contributed by atoms with Crippen LogP contribution in [0.4, 0.5) is 0 Å². The zero-order valence-electron chi connectivity index (χ0n) is 18.8. The van der Waals surface area contributed by atoms with Gasteiger partial charge in [-0.15, -0.1) is 0 Å². The Bertz CT molecular complexity index is 1680. The molecule has 0 saturated heterocycles. The number of aryl methyl sites for hydroxylation is 2. The Balaban J connectivity index is 1.61. The van der Waals surface area contributed by atoms with Gasteiger partial charge in [-0.1, -0.05) is 6.07 Å². The minimum Gasteiger partial charge on any atom is -0.448 e. The monoisotopic (exact) mass is 447 g/mol. The van der Waals surface area contributed by atoms with Crippen molar-refractivity contribution in [3.8, 4) is 34.3 Å². The summed E-state index contributed by atoms with van der Waals surface area (Å²) in [6.45, 7) is 3.84. The molecule has 7 heteroatoms.